The standard InChI is InChI=1S/C11H8N4OS/c12-3-8-1-2-10(13-4-8)11(16)14-5-9-6-17-7-15-9/h1-2,4,6-7H,5H2,(H,14,16). The zero-order chi connectivity index (χ0) is 12.1. The summed E-state index contributed by atoms with van der Waals surface area (Å²) in [7, 11) is 0. The number of pyridine rings is 1. The molecule has 2 rings (SSSR count). The normalized spacial score (nSPS) is 9.59. The summed E-state index contributed by atoms with van der Waals surface area (Å²) in [6.45, 7) is 0.379. The zero-order valence-electron chi connectivity index (χ0n) is 8.75. The van der Waals surface area contributed by atoms with Crippen LogP contribution < -0.4 is 5.32 Å². The Hall–Kier alpha value is -2.26. The van der Waals surface area contributed by atoms with Crippen molar-refractivity contribution in [3.8, 4) is 6.07 Å². The summed E-state index contributed by atoms with van der Waals surface area (Å²) in [6.07, 6.45) is 1.37. The third-order valence-electron chi connectivity index (χ3n) is 2.04. The van der Waals surface area contributed by atoms with Crippen LogP contribution in [0.4, 0.5) is 0 Å². The Labute approximate surface area is 102 Å². The van der Waals surface area contributed by atoms with E-state index < -0.39 is 0 Å². The van der Waals surface area contributed by atoms with Crippen LogP contribution in [0.3, 0.4) is 0 Å². The van der Waals surface area contributed by atoms with Crippen LogP contribution in [-0.4, -0.2) is 15.9 Å². The molecule has 0 unspecified atom stereocenters. The Morgan fingerprint density at radius 2 is 2.35 bits per heavy atom. The highest BCUT2D eigenvalue weighted by Crippen LogP contribution is 2.02. The summed E-state index contributed by atoms with van der Waals surface area (Å²) in [4.78, 5) is 19.6. The molecule has 0 aliphatic rings. The van der Waals surface area contributed by atoms with E-state index in [1.807, 2.05) is 11.4 Å². The molecule has 2 aromatic rings. The maximum atomic E-state index is 11.7. The van der Waals surface area contributed by atoms with Crippen LogP contribution >= 0.6 is 11.3 Å². The lowest BCUT2D eigenvalue weighted by Crippen LogP contribution is -2.23. The second-order valence-corrected chi connectivity index (χ2v) is 3.93. The first-order valence-electron chi connectivity index (χ1n) is 4.81. The number of amides is 1. The Kier molecular flexibility index (Phi) is 3.43. The van der Waals surface area contributed by atoms with Crippen LogP contribution in [0.2, 0.25) is 0 Å². The number of aromatic nitrogens is 2. The van der Waals surface area contributed by atoms with Gasteiger partial charge >= 0.3 is 0 Å². The minimum Gasteiger partial charge on any atom is -0.345 e. The van der Waals surface area contributed by atoms with E-state index in [0.29, 0.717) is 17.8 Å². The van der Waals surface area contributed by atoms with E-state index in [2.05, 4.69) is 15.3 Å². The van der Waals surface area contributed by atoms with E-state index >= 15 is 0 Å². The van der Waals surface area contributed by atoms with Gasteiger partial charge in [0.15, 0.2) is 0 Å². The molecule has 0 bridgehead atoms. The Bertz CT molecular complexity index is 542. The quantitative estimate of drug-likeness (QED) is 0.883. The molecule has 6 heteroatoms. The minimum absolute atomic E-state index is 0.275. The fourth-order valence-corrected chi connectivity index (χ4v) is 1.74. The van der Waals surface area contributed by atoms with Gasteiger partial charge in [-0.25, -0.2) is 9.97 Å². The van der Waals surface area contributed by atoms with Crippen molar-refractivity contribution in [3.05, 3.63) is 46.2 Å². The summed E-state index contributed by atoms with van der Waals surface area (Å²) in [5.74, 6) is -0.275. The van der Waals surface area contributed by atoms with E-state index in [9.17, 15) is 4.79 Å². The van der Waals surface area contributed by atoms with Gasteiger partial charge in [0, 0.05) is 11.6 Å². The molecule has 0 fully saturated rings. The molecule has 0 aliphatic carbocycles. The lowest BCUT2D eigenvalue weighted by molar-refractivity contribution is 0.0945. The van der Waals surface area contributed by atoms with Crippen molar-refractivity contribution in [2.24, 2.45) is 0 Å². The van der Waals surface area contributed by atoms with Gasteiger partial charge in [0.2, 0.25) is 0 Å². The van der Waals surface area contributed by atoms with Crippen molar-refractivity contribution in [1.82, 2.24) is 15.3 Å². The van der Waals surface area contributed by atoms with Gasteiger partial charge in [0.25, 0.3) is 5.91 Å². The van der Waals surface area contributed by atoms with E-state index in [-0.39, 0.29) is 5.91 Å². The maximum Gasteiger partial charge on any atom is 0.270 e. The van der Waals surface area contributed by atoms with Crippen LogP contribution in [0.5, 0.6) is 0 Å². The predicted molar refractivity (Wildman–Crippen MR) is 62.2 cm³/mol. The van der Waals surface area contributed by atoms with Crippen molar-refractivity contribution in [2.75, 3.05) is 0 Å². The van der Waals surface area contributed by atoms with Crippen molar-refractivity contribution >= 4 is 17.2 Å². The third kappa shape index (κ3) is 2.86. The molecule has 0 aromatic carbocycles. The van der Waals surface area contributed by atoms with Crippen molar-refractivity contribution in [3.63, 3.8) is 0 Å². The number of hydrogen-bond donors (Lipinski definition) is 1. The number of rotatable bonds is 3. The molecule has 0 atom stereocenters. The molecule has 1 amide bonds. The number of nitrogens with zero attached hydrogens (tertiary/aromatic N) is 3. The molecule has 5 nitrogen and oxygen atoms in total. The van der Waals surface area contributed by atoms with Gasteiger partial charge in [-0.3, -0.25) is 4.79 Å². The van der Waals surface area contributed by atoms with Crippen LogP contribution in [0.25, 0.3) is 0 Å². The first-order chi connectivity index (χ1) is 8.29. The molecular weight excluding hydrogens is 236 g/mol. The van der Waals surface area contributed by atoms with Crippen LogP contribution in [0, 0.1) is 11.3 Å². The number of nitriles is 1. The first kappa shape index (κ1) is 11.2. The first-order valence-corrected chi connectivity index (χ1v) is 5.75. The highest BCUT2D eigenvalue weighted by Gasteiger charge is 2.07. The Morgan fingerprint density at radius 3 is 2.94 bits per heavy atom. The highest BCUT2D eigenvalue weighted by molar-refractivity contribution is 7.07. The van der Waals surface area contributed by atoms with Crippen molar-refractivity contribution in [2.45, 2.75) is 6.54 Å². The van der Waals surface area contributed by atoms with Crippen molar-refractivity contribution < 1.29 is 4.79 Å². The molecule has 17 heavy (non-hydrogen) atoms. The number of carbonyl (C=O) groups is 1. The third-order valence-corrected chi connectivity index (χ3v) is 2.67. The second-order valence-electron chi connectivity index (χ2n) is 3.21. The Balaban J connectivity index is 1.97. The molecule has 2 aromatic heterocycles. The second kappa shape index (κ2) is 5.18. The molecule has 0 saturated carbocycles. The van der Waals surface area contributed by atoms with Gasteiger partial charge < -0.3 is 5.32 Å². The average Bonchev–Trinajstić information content (AvgIpc) is 2.89. The van der Waals surface area contributed by atoms with E-state index in [0.717, 1.165) is 5.69 Å². The van der Waals surface area contributed by atoms with Gasteiger partial charge in [-0.15, -0.1) is 11.3 Å². The lowest BCUT2D eigenvalue weighted by atomic mass is 10.2. The molecule has 0 saturated heterocycles. The zero-order valence-corrected chi connectivity index (χ0v) is 9.57. The number of carbonyl (C=O) groups excluding carboxylic acids is 1. The van der Waals surface area contributed by atoms with Crippen LogP contribution in [0.1, 0.15) is 21.7 Å². The fraction of sp³-hybridized carbons (Fsp3) is 0.0909. The topological polar surface area (TPSA) is 78.7 Å². The fourth-order valence-electron chi connectivity index (χ4n) is 1.18. The van der Waals surface area contributed by atoms with Crippen molar-refractivity contribution in [1.29, 1.82) is 5.26 Å². The van der Waals surface area contributed by atoms with E-state index in [4.69, 9.17) is 5.26 Å². The number of thiazole rings is 1. The summed E-state index contributed by atoms with van der Waals surface area (Å²) < 4.78 is 0. The van der Waals surface area contributed by atoms with Crippen LogP contribution in [0.15, 0.2) is 29.2 Å². The Morgan fingerprint density at radius 1 is 1.47 bits per heavy atom. The van der Waals surface area contributed by atoms with E-state index in [1.54, 1.807) is 11.6 Å². The summed E-state index contributed by atoms with van der Waals surface area (Å²) >= 11 is 1.48. The SMILES string of the molecule is N#Cc1ccc(C(=O)NCc2cscn2)nc1. The number of hydrogen-bond acceptors (Lipinski definition) is 5. The highest BCUT2D eigenvalue weighted by atomic mass is 32.1. The van der Waals surface area contributed by atoms with Gasteiger partial charge in [-0.05, 0) is 12.1 Å². The smallest absolute Gasteiger partial charge is 0.270 e. The summed E-state index contributed by atoms with van der Waals surface area (Å²) in [5.41, 5.74) is 3.25. The largest absolute Gasteiger partial charge is 0.345 e. The molecule has 84 valence electrons. The van der Waals surface area contributed by atoms with Gasteiger partial charge in [0.1, 0.15) is 11.8 Å². The molecule has 1 N–H and O–H groups in total. The molecule has 2 heterocycles. The lowest BCUT2D eigenvalue weighted by Gasteiger charge is -2.02. The average molecular weight is 244 g/mol. The van der Waals surface area contributed by atoms with Gasteiger partial charge in [-0.2, -0.15) is 5.26 Å². The molecule has 0 radical (unpaired) electrons. The predicted octanol–water partition coefficient (Wildman–Crippen LogP) is 1.34. The van der Waals surface area contributed by atoms with Crippen LogP contribution in [-0.2, 0) is 6.54 Å². The number of nitrogens with one attached hydrogen (secondary N) is 1. The van der Waals surface area contributed by atoms with Gasteiger partial charge in [-0.1, -0.05) is 0 Å². The monoisotopic (exact) mass is 244 g/mol. The molecule has 0 spiro atoms. The molecular formula is C11H8N4OS. The minimum atomic E-state index is -0.275. The maximum absolute atomic E-state index is 11.7. The van der Waals surface area contributed by atoms with Gasteiger partial charge in [0.05, 0.1) is 23.3 Å². The summed E-state index contributed by atoms with van der Waals surface area (Å²) in [5, 5.41) is 13.2. The van der Waals surface area contributed by atoms with E-state index in [1.165, 1.54) is 23.6 Å². The molecule has 0 aliphatic heterocycles. The summed E-state index contributed by atoms with van der Waals surface area (Å²) in [6, 6.07) is 5.03.